The lowest BCUT2D eigenvalue weighted by molar-refractivity contribution is 0.0996. The van der Waals surface area contributed by atoms with Crippen molar-refractivity contribution in [3.05, 3.63) is 47.2 Å². The number of benzene rings is 1. The van der Waals surface area contributed by atoms with Crippen molar-refractivity contribution in [3.8, 4) is 0 Å². The molecule has 0 aliphatic heterocycles. The van der Waals surface area contributed by atoms with Crippen LogP contribution in [0.3, 0.4) is 0 Å². The Morgan fingerprint density at radius 2 is 2.06 bits per heavy atom. The monoisotopic (exact) mass is 230 g/mol. The molecule has 4 nitrogen and oxygen atoms in total. The number of carbonyl (C=O) groups is 1. The summed E-state index contributed by atoms with van der Waals surface area (Å²) in [5.74, 6) is -0.0143. The lowest BCUT2D eigenvalue weighted by Crippen LogP contribution is -2.13. The number of rotatable bonds is 2. The molecular weight excluding hydrogens is 216 g/mol. The normalized spacial score (nSPS) is 10.3. The summed E-state index contributed by atoms with van der Waals surface area (Å²) in [5, 5.41) is 2.82. The van der Waals surface area contributed by atoms with Gasteiger partial charge in [-0.25, -0.2) is 4.98 Å². The molecule has 17 heavy (non-hydrogen) atoms. The van der Waals surface area contributed by atoms with Crippen LogP contribution in [0.15, 0.2) is 29.0 Å². The van der Waals surface area contributed by atoms with Gasteiger partial charge in [-0.3, -0.25) is 4.79 Å². The minimum absolute atomic E-state index is 0.255. The number of carbonyl (C=O) groups excluding carboxylic acids is 1. The zero-order chi connectivity index (χ0) is 12.4. The molecule has 0 fully saturated rings. The van der Waals surface area contributed by atoms with Gasteiger partial charge in [-0.2, -0.15) is 0 Å². The van der Waals surface area contributed by atoms with Crippen LogP contribution < -0.4 is 5.32 Å². The summed E-state index contributed by atoms with van der Waals surface area (Å²) >= 11 is 0. The third-order valence-electron chi connectivity index (χ3n) is 2.80. The quantitative estimate of drug-likeness (QED) is 0.863. The second-order valence-electron chi connectivity index (χ2n) is 3.97. The van der Waals surface area contributed by atoms with Crippen molar-refractivity contribution in [3.63, 3.8) is 0 Å². The Kier molecular flexibility index (Phi) is 2.95. The van der Waals surface area contributed by atoms with E-state index in [0.717, 1.165) is 16.8 Å². The van der Waals surface area contributed by atoms with Crippen LogP contribution in [0.2, 0.25) is 0 Å². The molecule has 0 aliphatic rings. The predicted octanol–water partition coefficient (Wildman–Crippen LogP) is 2.85. The van der Waals surface area contributed by atoms with Crippen molar-refractivity contribution in [1.29, 1.82) is 0 Å². The summed E-state index contributed by atoms with van der Waals surface area (Å²) in [6, 6.07) is 5.78. The molecule has 1 N–H and O–H groups in total. The third-order valence-corrected chi connectivity index (χ3v) is 2.80. The van der Waals surface area contributed by atoms with Crippen LogP contribution in [0.25, 0.3) is 0 Å². The molecule has 0 unspecified atom stereocenters. The Labute approximate surface area is 99.7 Å². The molecule has 0 radical (unpaired) electrons. The Balaban J connectivity index is 2.25. The van der Waals surface area contributed by atoms with Crippen LogP contribution in [0.4, 0.5) is 5.69 Å². The molecule has 2 rings (SSSR count). The summed E-state index contributed by atoms with van der Waals surface area (Å²) in [6.07, 6.45) is 1.27. The number of nitrogens with zero attached hydrogens (tertiary/aromatic N) is 1. The smallest absolute Gasteiger partial charge is 0.293 e. The van der Waals surface area contributed by atoms with Crippen LogP contribution in [0.1, 0.15) is 27.4 Å². The minimum Gasteiger partial charge on any atom is -0.438 e. The first-order valence-corrected chi connectivity index (χ1v) is 5.37. The standard InChI is InChI=1S/C13H14N2O2/c1-8-5-4-6-11(9(8)2)15-13(16)12-10(3)14-7-17-12/h4-7H,1-3H3,(H,15,16). The zero-order valence-electron chi connectivity index (χ0n) is 10.1. The van der Waals surface area contributed by atoms with Gasteiger partial charge in [0.25, 0.3) is 5.91 Å². The number of nitrogens with one attached hydrogen (secondary N) is 1. The van der Waals surface area contributed by atoms with E-state index >= 15 is 0 Å². The van der Waals surface area contributed by atoms with Gasteiger partial charge >= 0.3 is 0 Å². The van der Waals surface area contributed by atoms with E-state index < -0.39 is 0 Å². The molecule has 0 bridgehead atoms. The molecule has 0 atom stereocenters. The van der Waals surface area contributed by atoms with Gasteiger partial charge in [-0.15, -0.1) is 0 Å². The van der Waals surface area contributed by atoms with E-state index in [4.69, 9.17) is 4.42 Å². The van der Waals surface area contributed by atoms with Gasteiger partial charge < -0.3 is 9.73 Å². The van der Waals surface area contributed by atoms with Crippen molar-refractivity contribution in [2.75, 3.05) is 5.32 Å². The Bertz CT molecular complexity index is 558. The maximum atomic E-state index is 11.9. The largest absolute Gasteiger partial charge is 0.438 e. The van der Waals surface area contributed by atoms with Gasteiger partial charge in [0.15, 0.2) is 6.39 Å². The Morgan fingerprint density at radius 1 is 1.29 bits per heavy atom. The highest BCUT2D eigenvalue weighted by molar-refractivity contribution is 6.03. The fraction of sp³-hybridized carbons (Fsp3) is 0.231. The molecule has 0 aliphatic carbocycles. The van der Waals surface area contributed by atoms with E-state index in [1.807, 2.05) is 32.0 Å². The van der Waals surface area contributed by atoms with Crippen molar-refractivity contribution >= 4 is 11.6 Å². The lowest BCUT2D eigenvalue weighted by Gasteiger charge is -2.09. The molecule has 4 heteroatoms. The van der Waals surface area contributed by atoms with Crippen molar-refractivity contribution in [1.82, 2.24) is 4.98 Å². The molecule has 0 saturated carbocycles. The summed E-state index contributed by atoms with van der Waals surface area (Å²) in [7, 11) is 0. The van der Waals surface area contributed by atoms with Crippen molar-refractivity contribution in [2.45, 2.75) is 20.8 Å². The average Bonchev–Trinajstić information content (AvgIpc) is 2.71. The first-order chi connectivity index (χ1) is 8.09. The van der Waals surface area contributed by atoms with Crippen molar-refractivity contribution in [2.24, 2.45) is 0 Å². The second-order valence-corrected chi connectivity index (χ2v) is 3.97. The second kappa shape index (κ2) is 4.41. The van der Waals surface area contributed by atoms with Gasteiger partial charge in [0, 0.05) is 5.69 Å². The highest BCUT2D eigenvalue weighted by atomic mass is 16.3. The molecule has 1 aromatic carbocycles. The predicted molar refractivity (Wildman–Crippen MR) is 65.1 cm³/mol. The number of aromatic nitrogens is 1. The third kappa shape index (κ3) is 2.20. The van der Waals surface area contributed by atoms with E-state index in [0.29, 0.717) is 5.69 Å². The summed E-state index contributed by atoms with van der Waals surface area (Å²) in [4.78, 5) is 15.8. The lowest BCUT2D eigenvalue weighted by atomic mass is 10.1. The number of hydrogen-bond acceptors (Lipinski definition) is 3. The highest BCUT2D eigenvalue weighted by Crippen LogP contribution is 2.19. The first-order valence-electron chi connectivity index (χ1n) is 5.37. The summed E-state index contributed by atoms with van der Waals surface area (Å²) in [5.41, 5.74) is 3.58. The zero-order valence-corrected chi connectivity index (χ0v) is 10.1. The number of aryl methyl sites for hydroxylation is 2. The van der Waals surface area contributed by atoms with E-state index in [9.17, 15) is 4.79 Å². The fourth-order valence-electron chi connectivity index (χ4n) is 1.59. The van der Waals surface area contributed by atoms with Crippen LogP contribution in [-0.4, -0.2) is 10.9 Å². The number of anilines is 1. The highest BCUT2D eigenvalue weighted by Gasteiger charge is 2.14. The van der Waals surface area contributed by atoms with Gasteiger partial charge in [0.2, 0.25) is 5.76 Å². The summed E-state index contributed by atoms with van der Waals surface area (Å²) in [6.45, 7) is 5.71. The van der Waals surface area contributed by atoms with Gasteiger partial charge in [0.05, 0.1) is 5.69 Å². The number of hydrogen-bond donors (Lipinski definition) is 1. The molecule has 0 saturated heterocycles. The first kappa shape index (κ1) is 11.4. The van der Waals surface area contributed by atoms with Crippen molar-refractivity contribution < 1.29 is 9.21 Å². The topological polar surface area (TPSA) is 55.1 Å². The molecule has 1 heterocycles. The van der Waals surface area contributed by atoms with Gasteiger partial charge in [-0.1, -0.05) is 12.1 Å². The van der Waals surface area contributed by atoms with E-state index in [1.54, 1.807) is 6.92 Å². The molecule has 88 valence electrons. The Morgan fingerprint density at radius 3 is 2.71 bits per heavy atom. The maximum Gasteiger partial charge on any atom is 0.293 e. The van der Waals surface area contributed by atoms with Crippen LogP contribution in [0, 0.1) is 20.8 Å². The van der Waals surface area contributed by atoms with E-state index in [2.05, 4.69) is 10.3 Å². The number of amides is 1. The van der Waals surface area contributed by atoms with Crippen LogP contribution in [-0.2, 0) is 0 Å². The fourth-order valence-corrected chi connectivity index (χ4v) is 1.59. The van der Waals surface area contributed by atoms with Gasteiger partial charge in [0.1, 0.15) is 0 Å². The van der Waals surface area contributed by atoms with Crippen LogP contribution in [0.5, 0.6) is 0 Å². The van der Waals surface area contributed by atoms with Crippen LogP contribution >= 0.6 is 0 Å². The molecule has 0 spiro atoms. The molecular formula is C13H14N2O2. The van der Waals surface area contributed by atoms with E-state index in [1.165, 1.54) is 6.39 Å². The number of oxazole rings is 1. The Hall–Kier alpha value is -2.10. The SMILES string of the molecule is Cc1cccc(NC(=O)c2ocnc2C)c1C. The molecule has 1 aromatic heterocycles. The summed E-state index contributed by atoms with van der Waals surface area (Å²) < 4.78 is 5.05. The van der Waals surface area contributed by atoms with Gasteiger partial charge in [-0.05, 0) is 38.0 Å². The molecule has 1 amide bonds. The molecule has 2 aromatic rings. The van der Waals surface area contributed by atoms with E-state index in [-0.39, 0.29) is 11.7 Å². The minimum atomic E-state index is -0.270. The maximum absolute atomic E-state index is 11.9. The average molecular weight is 230 g/mol.